The molecule has 0 radical (unpaired) electrons. The van der Waals surface area contributed by atoms with Crippen LogP contribution in [0.1, 0.15) is 0 Å². The van der Waals surface area contributed by atoms with Gasteiger partial charge >= 0.3 is 0 Å². The molecule has 0 fully saturated rings. The fourth-order valence-electron chi connectivity index (χ4n) is 6.84. The van der Waals surface area contributed by atoms with Crippen LogP contribution in [0.15, 0.2) is 164 Å². The summed E-state index contributed by atoms with van der Waals surface area (Å²) in [6.45, 7) is 0. The van der Waals surface area contributed by atoms with Gasteiger partial charge in [0.15, 0.2) is 17.5 Å². The van der Waals surface area contributed by atoms with E-state index < -0.39 is 0 Å². The minimum absolute atomic E-state index is 0.653. The highest BCUT2D eigenvalue weighted by Crippen LogP contribution is 2.40. The van der Waals surface area contributed by atoms with Crippen molar-refractivity contribution in [2.75, 3.05) is 0 Å². The molecule has 0 unspecified atom stereocenters. The zero-order valence-electron chi connectivity index (χ0n) is 26.7. The van der Waals surface area contributed by atoms with E-state index in [-0.39, 0.29) is 0 Å². The lowest BCUT2D eigenvalue weighted by Gasteiger charge is -2.10. The Kier molecular flexibility index (Phi) is 6.86. The minimum atomic E-state index is 0.653. The lowest BCUT2D eigenvalue weighted by Crippen LogP contribution is -2.00. The van der Waals surface area contributed by atoms with E-state index in [1.807, 2.05) is 17.4 Å². The number of nitrogens with zero attached hydrogens (tertiary/aromatic N) is 3. The van der Waals surface area contributed by atoms with Crippen molar-refractivity contribution in [1.82, 2.24) is 15.0 Å². The molecule has 3 nitrogen and oxygen atoms in total. The second-order valence-corrected chi connectivity index (χ2v) is 14.6. The second kappa shape index (κ2) is 11.8. The van der Waals surface area contributed by atoms with Crippen LogP contribution in [0, 0.1) is 0 Å². The lowest BCUT2D eigenvalue weighted by atomic mass is 10.0. The zero-order valence-corrected chi connectivity index (χ0v) is 28.4. The molecule has 234 valence electrons. The summed E-state index contributed by atoms with van der Waals surface area (Å²) < 4.78 is 5.12. The number of fused-ring (bicyclic) bond motifs is 6. The van der Waals surface area contributed by atoms with Crippen LogP contribution >= 0.6 is 22.7 Å². The van der Waals surface area contributed by atoms with Crippen molar-refractivity contribution < 1.29 is 0 Å². The molecule has 0 amide bonds. The Bertz CT molecular complexity index is 2850. The third kappa shape index (κ3) is 4.98. The average Bonchev–Trinajstić information content (AvgIpc) is 3.76. The molecular weight excluding hydrogens is 647 g/mol. The first-order valence-electron chi connectivity index (χ1n) is 16.6. The van der Waals surface area contributed by atoms with E-state index in [9.17, 15) is 0 Å². The quantitative estimate of drug-likeness (QED) is 0.182. The molecule has 0 bridgehead atoms. The van der Waals surface area contributed by atoms with Gasteiger partial charge in [0.05, 0.1) is 0 Å². The first-order valence-corrected chi connectivity index (χ1v) is 18.2. The molecular formula is C45H27N3S2. The molecule has 0 aliphatic rings. The van der Waals surface area contributed by atoms with Crippen molar-refractivity contribution in [3.8, 4) is 56.4 Å². The highest BCUT2D eigenvalue weighted by Gasteiger charge is 2.16. The zero-order chi connectivity index (χ0) is 33.0. The Morgan fingerprint density at radius 2 is 0.780 bits per heavy atom. The SMILES string of the molecule is c1ccc(-c2ccc(-c3nc(-c4ccc(-c5cccc6c5sc5ccccc56)cc4)nc(-c4ccc5c(c4)sc4ccccc45)n3)cc2)cc1. The fraction of sp³-hybridized carbons (Fsp3) is 0. The van der Waals surface area contributed by atoms with Gasteiger partial charge in [-0.1, -0.05) is 146 Å². The molecule has 5 heteroatoms. The maximum absolute atomic E-state index is 5.09. The molecule has 3 aromatic heterocycles. The van der Waals surface area contributed by atoms with Gasteiger partial charge in [0.2, 0.25) is 0 Å². The van der Waals surface area contributed by atoms with E-state index >= 15 is 0 Å². The smallest absolute Gasteiger partial charge is 0.164 e. The summed E-state index contributed by atoms with van der Waals surface area (Å²) in [5.41, 5.74) is 7.62. The molecule has 50 heavy (non-hydrogen) atoms. The highest BCUT2D eigenvalue weighted by atomic mass is 32.1. The number of hydrogen-bond donors (Lipinski definition) is 0. The van der Waals surface area contributed by atoms with Crippen LogP contribution in [0.3, 0.4) is 0 Å². The molecule has 10 rings (SSSR count). The van der Waals surface area contributed by atoms with Crippen LogP contribution in [-0.4, -0.2) is 15.0 Å². The summed E-state index contributed by atoms with van der Waals surface area (Å²) in [5, 5.41) is 5.14. The van der Waals surface area contributed by atoms with E-state index in [0.29, 0.717) is 17.5 Å². The third-order valence-electron chi connectivity index (χ3n) is 9.38. The topological polar surface area (TPSA) is 38.7 Å². The Labute approximate surface area is 296 Å². The van der Waals surface area contributed by atoms with Crippen LogP contribution in [0.25, 0.3) is 96.8 Å². The van der Waals surface area contributed by atoms with Gasteiger partial charge in [0, 0.05) is 57.0 Å². The second-order valence-electron chi connectivity index (χ2n) is 12.4. The van der Waals surface area contributed by atoms with Crippen molar-refractivity contribution >= 4 is 63.0 Å². The largest absolute Gasteiger partial charge is 0.208 e. The average molecular weight is 674 g/mol. The minimum Gasteiger partial charge on any atom is -0.208 e. The summed E-state index contributed by atoms with van der Waals surface area (Å²) >= 11 is 3.65. The van der Waals surface area contributed by atoms with Gasteiger partial charge in [-0.05, 0) is 40.5 Å². The van der Waals surface area contributed by atoms with Gasteiger partial charge in [-0.15, -0.1) is 22.7 Å². The van der Waals surface area contributed by atoms with E-state index in [2.05, 4.69) is 158 Å². The van der Waals surface area contributed by atoms with Crippen LogP contribution in [0.2, 0.25) is 0 Å². The Balaban J connectivity index is 1.08. The predicted octanol–water partition coefficient (Wildman–Crippen LogP) is 12.9. The monoisotopic (exact) mass is 673 g/mol. The molecule has 0 saturated carbocycles. The van der Waals surface area contributed by atoms with Gasteiger partial charge in [-0.2, -0.15) is 0 Å². The molecule has 0 aliphatic heterocycles. The molecule has 0 atom stereocenters. The van der Waals surface area contributed by atoms with Crippen molar-refractivity contribution in [2.45, 2.75) is 0 Å². The number of hydrogen-bond acceptors (Lipinski definition) is 5. The first kappa shape index (κ1) is 29.0. The molecule has 7 aromatic carbocycles. The van der Waals surface area contributed by atoms with E-state index in [1.165, 1.54) is 57.0 Å². The van der Waals surface area contributed by atoms with Crippen LogP contribution in [0.4, 0.5) is 0 Å². The fourth-order valence-corrected chi connectivity index (χ4v) is 9.23. The number of thiophene rings is 2. The first-order chi connectivity index (χ1) is 24.7. The Morgan fingerprint density at radius 3 is 1.48 bits per heavy atom. The lowest BCUT2D eigenvalue weighted by molar-refractivity contribution is 1.07. The maximum Gasteiger partial charge on any atom is 0.164 e. The van der Waals surface area contributed by atoms with Gasteiger partial charge in [0.25, 0.3) is 0 Å². The van der Waals surface area contributed by atoms with Crippen molar-refractivity contribution in [3.05, 3.63) is 164 Å². The van der Waals surface area contributed by atoms with Crippen molar-refractivity contribution in [3.63, 3.8) is 0 Å². The van der Waals surface area contributed by atoms with Crippen molar-refractivity contribution in [2.24, 2.45) is 0 Å². The van der Waals surface area contributed by atoms with Gasteiger partial charge < -0.3 is 0 Å². The summed E-state index contributed by atoms with van der Waals surface area (Å²) in [4.78, 5) is 15.2. The summed E-state index contributed by atoms with van der Waals surface area (Å²) in [6.07, 6.45) is 0. The Morgan fingerprint density at radius 1 is 0.300 bits per heavy atom. The maximum atomic E-state index is 5.09. The van der Waals surface area contributed by atoms with E-state index in [4.69, 9.17) is 15.0 Å². The van der Waals surface area contributed by atoms with E-state index in [1.54, 1.807) is 11.3 Å². The summed E-state index contributed by atoms with van der Waals surface area (Å²) in [6, 6.07) is 57.9. The van der Waals surface area contributed by atoms with Crippen LogP contribution in [-0.2, 0) is 0 Å². The summed E-state index contributed by atoms with van der Waals surface area (Å²) in [7, 11) is 0. The highest BCUT2D eigenvalue weighted by molar-refractivity contribution is 7.26. The molecule has 0 saturated heterocycles. The van der Waals surface area contributed by atoms with Gasteiger partial charge in [0.1, 0.15) is 0 Å². The Hall–Kier alpha value is -6.01. The third-order valence-corrected chi connectivity index (χ3v) is 11.7. The van der Waals surface area contributed by atoms with Gasteiger partial charge in [-0.25, -0.2) is 15.0 Å². The van der Waals surface area contributed by atoms with Gasteiger partial charge in [-0.3, -0.25) is 0 Å². The van der Waals surface area contributed by atoms with E-state index in [0.717, 1.165) is 22.3 Å². The molecule has 10 aromatic rings. The predicted molar refractivity (Wildman–Crippen MR) is 213 cm³/mol. The normalized spacial score (nSPS) is 11.6. The van der Waals surface area contributed by atoms with Crippen LogP contribution < -0.4 is 0 Å². The van der Waals surface area contributed by atoms with Crippen LogP contribution in [0.5, 0.6) is 0 Å². The molecule has 0 aliphatic carbocycles. The number of benzene rings is 7. The molecule has 0 N–H and O–H groups in total. The molecule has 3 heterocycles. The number of aromatic nitrogens is 3. The van der Waals surface area contributed by atoms with Crippen molar-refractivity contribution in [1.29, 1.82) is 0 Å². The standard InChI is InChI=1S/C45H27N3S2/c1-2-9-28(10-3-1)29-17-21-31(22-18-29)43-46-44(48-45(47-43)33-25-26-37-35-11-4-6-15-39(35)49-41(37)27-33)32-23-19-30(20-24-32)34-13-8-14-38-36-12-5-7-16-40(36)50-42(34)38/h1-27H. The summed E-state index contributed by atoms with van der Waals surface area (Å²) in [5.74, 6) is 1.97. The molecule has 0 spiro atoms. The number of rotatable bonds is 5.